The highest BCUT2D eigenvalue weighted by molar-refractivity contribution is 7.89. The van der Waals surface area contributed by atoms with Crippen LogP contribution < -0.4 is 9.46 Å². The van der Waals surface area contributed by atoms with Crippen molar-refractivity contribution in [1.29, 1.82) is 0 Å². The lowest BCUT2D eigenvalue weighted by Gasteiger charge is -2.12. The Balaban J connectivity index is 2.18. The first-order valence-corrected chi connectivity index (χ1v) is 8.56. The zero-order valence-corrected chi connectivity index (χ0v) is 14.2. The number of ether oxygens (including phenoxy) is 1. The molecule has 25 heavy (non-hydrogen) atoms. The van der Waals surface area contributed by atoms with E-state index in [2.05, 4.69) is 4.72 Å². The van der Waals surface area contributed by atoms with Gasteiger partial charge in [-0.15, -0.1) is 0 Å². The summed E-state index contributed by atoms with van der Waals surface area (Å²) in [6, 6.07) is 6.61. The predicted octanol–water partition coefficient (Wildman–Crippen LogP) is 3.21. The van der Waals surface area contributed by atoms with Crippen molar-refractivity contribution in [2.75, 3.05) is 7.11 Å². The van der Waals surface area contributed by atoms with Crippen molar-refractivity contribution in [2.24, 2.45) is 0 Å². The van der Waals surface area contributed by atoms with Crippen molar-refractivity contribution in [1.82, 2.24) is 4.72 Å². The summed E-state index contributed by atoms with van der Waals surface area (Å²) in [5, 5.41) is 9.76. The molecule has 0 atom stereocenters. The van der Waals surface area contributed by atoms with E-state index in [0.29, 0.717) is 11.1 Å². The Bertz CT molecular complexity index is 862. The molecule has 0 unspecified atom stereocenters. The van der Waals surface area contributed by atoms with E-state index in [1.165, 1.54) is 32.2 Å². The maximum Gasteiger partial charge on any atom is 0.416 e. The largest absolute Gasteiger partial charge is 0.504 e. The highest BCUT2D eigenvalue weighted by Gasteiger charge is 2.30. The summed E-state index contributed by atoms with van der Waals surface area (Å²) in [6.45, 7) is 1.34. The molecule has 0 radical (unpaired) electrons. The van der Waals surface area contributed by atoms with Crippen LogP contribution in [0.2, 0.25) is 0 Å². The first-order chi connectivity index (χ1) is 11.5. The van der Waals surface area contributed by atoms with Crippen molar-refractivity contribution in [3.05, 3.63) is 53.1 Å². The van der Waals surface area contributed by atoms with Crippen LogP contribution in [0.15, 0.2) is 41.3 Å². The minimum Gasteiger partial charge on any atom is -0.504 e. The molecule has 2 N–H and O–H groups in total. The van der Waals surface area contributed by atoms with Crippen molar-refractivity contribution < 1.29 is 31.4 Å². The summed E-state index contributed by atoms with van der Waals surface area (Å²) < 4.78 is 69.4. The molecule has 0 aliphatic carbocycles. The van der Waals surface area contributed by atoms with Crippen LogP contribution >= 0.6 is 0 Å². The van der Waals surface area contributed by atoms with Crippen LogP contribution in [0.1, 0.15) is 16.7 Å². The Labute approximate surface area is 143 Å². The molecule has 0 aliphatic heterocycles. The highest BCUT2D eigenvalue weighted by Crippen LogP contribution is 2.32. The fraction of sp³-hybridized carbons (Fsp3) is 0.250. The van der Waals surface area contributed by atoms with Crippen LogP contribution in [0.3, 0.4) is 0 Å². The Hall–Kier alpha value is -2.26. The van der Waals surface area contributed by atoms with Gasteiger partial charge in [-0.1, -0.05) is 12.1 Å². The number of phenolic OH excluding ortho intramolecular Hbond substituents is 1. The predicted molar refractivity (Wildman–Crippen MR) is 84.9 cm³/mol. The summed E-state index contributed by atoms with van der Waals surface area (Å²) in [4.78, 5) is -0.119. The summed E-state index contributed by atoms with van der Waals surface area (Å²) in [7, 11) is -2.64. The van der Waals surface area contributed by atoms with Gasteiger partial charge in [0.05, 0.1) is 17.6 Å². The van der Waals surface area contributed by atoms with Crippen LogP contribution in [0, 0.1) is 6.92 Å². The monoisotopic (exact) mass is 375 g/mol. The average molecular weight is 375 g/mol. The van der Waals surface area contributed by atoms with Crippen LogP contribution in [-0.4, -0.2) is 20.6 Å². The molecular weight excluding hydrogens is 359 g/mol. The van der Waals surface area contributed by atoms with E-state index in [4.69, 9.17) is 4.74 Å². The number of aryl methyl sites for hydroxylation is 1. The number of halogens is 3. The van der Waals surface area contributed by atoms with E-state index in [1.54, 1.807) is 0 Å². The number of nitrogens with one attached hydrogen (secondary N) is 1. The molecule has 0 aliphatic rings. The van der Waals surface area contributed by atoms with Crippen LogP contribution in [0.5, 0.6) is 11.5 Å². The number of alkyl halides is 3. The number of rotatable bonds is 5. The molecule has 9 heteroatoms. The number of aromatic hydroxyl groups is 1. The molecule has 0 aromatic heterocycles. The normalized spacial score (nSPS) is 12.2. The van der Waals surface area contributed by atoms with Gasteiger partial charge >= 0.3 is 6.18 Å². The van der Waals surface area contributed by atoms with E-state index in [9.17, 15) is 26.7 Å². The van der Waals surface area contributed by atoms with Gasteiger partial charge in [-0.2, -0.15) is 13.2 Å². The summed E-state index contributed by atoms with van der Waals surface area (Å²) in [5.41, 5.74) is -0.119. The Morgan fingerprint density at radius 1 is 1.16 bits per heavy atom. The van der Waals surface area contributed by atoms with Gasteiger partial charge in [0.2, 0.25) is 10.0 Å². The van der Waals surface area contributed by atoms with Gasteiger partial charge in [-0.3, -0.25) is 0 Å². The lowest BCUT2D eigenvalue weighted by Crippen LogP contribution is -2.23. The Kier molecular flexibility index (Phi) is 5.28. The minimum absolute atomic E-state index is 0.00917. The lowest BCUT2D eigenvalue weighted by molar-refractivity contribution is -0.137. The highest BCUT2D eigenvalue weighted by atomic mass is 32.2. The maximum absolute atomic E-state index is 12.5. The van der Waals surface area contributed by atoms with Gasteiger partial charge < -0.3 is 9.84 Å². The van der Waals surface area contributed by atoms with E-state index in [-0.39, 0.29) is 22.9 Å². The third-order valence-electron chi connectivity index (χ3n) is 3.52. The minimum atomic E-state index is -4.45. The molecule has 2 aromatic carbocycles. The van der Waals surface area contributed by atoms with Gasteiger partial charge in [-0.05, 0) is 36.2 Å². The molecule has 0 saturated heterocycles. The number of hydrogen-bond donors (Lipinski definition) is 2. The van der Waals surface area contributed by atoms with Gasteiger partial charge in [0.25, 0.3) is 0 Å². The summed E-state index contributed by atoms with van der Waals surface area (Å²) in [6.07, 6.45) is -4.45. The van der Waals surface area contributed by atoms with Crippen LogP contribution in [0.4, 0.5) is 13.2 Å². The third kappa shape index (κ3) is 4.43. The molecule has 0 saturated carbocycles. The molecular formula is C16H16F3NO4S. The first kappa shape index (κ1) is 19.1. The number of benzene rings is 2. The number of sulfonamides is 1. The van der Waals surface area contributed by atoms with Crippen molar-refractivity contribution in [3.63, 3.8) is 0 Å². The second-order valence-electron chi connectivity index (χ2n) is 5.31. The first-order valence-electron chi connectivity index (χ1n) is 7.08. The van der Waals surface area contributed by atoms with E-state index in [0.717, 1.165) is 18.2 Å². The molecule has 0 spiro atoms. The molecule has 0 amide bonds. The lowest BCUT2D eigenvalue weighted by atomic mass is 10.1. The van der Waals surface area contributed by atoms with E-state index < -0.39 is 21.8 Å². The standard InChI is InChI=1S/C16H16F3NO4S/c1-10-7-13(8-14(24-2)15(10)21)25(22,23)20-9-11-3-5-12(6-4-11)16(17,18)19/h3-8,20-21H,9H2,1-2H3. The molecule has 0 heterocycles. The van der Waals surface area contributed by atoms with Gasteiger partial charge in [0.1, 0.15) is 0 Å². The fourth-order valence-electron chi connectivity index (χ4n) is 2.10. The van der Waals surface area contributed by atoms with Gasteiger partial charge in [0, 0.05) is 12.6 Å². The smallest absolute Gasteiger partial charge is 0.416 e. The van der Waals surface area contributed by atoms with Gasteiger partial charge in [0.15, 0.2) is 11.5 Å². The maximum atomic E-state index is 12.5. The average Bonchev–Trinajstić information content (AvgIpc) is 2.55. The molecule has 0 fully saturated rings. The zero-order chi connectivity index (χ0) is 18.8. The fourth-order valence-corrected chi connectivity index (χ4v) is 3.22. The van der Waals surface area contributed by atoms with Crippen molar-refractivity contribution >= 4 is 10.0 Å². The second-order valence-corrected chi connectivity index (χ2v) is 7.08. The Morgan fingerprint density at radius 2 is 1.76 bits per heavy atom. The van der Waals surface area contributed by atoms with E-state index in [1.807, 2.05) is 0 Å². The van der Waals surface area contributed by atoms with Crippen molar-refractivity contribution in [2.45, 2.75) is 24.5 Å². The molecule has 5 nitrogen and oxygen atoms in total. The van der Waals surface area contributed by atoms with Gasteiger partial charge in [-0.25, -0.2) is 13.1 Å². The SMILES string of the molecule is COc1cc(S(=O)(=O)NCc2ccc(C(F)(F)F)cc2)cc(C)c1O. The zero-order valence-electron chi connectivity index (χ0n) is 13.4. The van der Waals surface area contributed by atoms with E-state index >= 15 is 0 Å². The molecule has 0 bridgehead atoms. The topological polar surface area (TPSA) is 75.6 Å². The number of phenols is 1. The Morgan fingerprint density at radius 3 is 2.28 bits per heavy atom. The summed E-state index contributed by atoms with van der Waals surface area (Å²) >= 11 is 0. The van der Waals surface area contributed by atoms with Crippen molar-refractivity contribution in [3.8, 4) is 11.5 Å². The van der Waals surface area contributed by atoms with Crippen LogP contribution in [0.25, 0.3) is 0 Å². The third-order valence-corrected chi connectivity index (χ3v) is 4.90. The van der Waals surface area contributed by atoms with Crippen LogP contribution in [-0.2, 0) is 22.7 Å². The molecule has 2 rings (SSSR count). The quantitative estimate of drug-likeness (QED) is 0.842. The summed E-state index contributed by atoms with van der Waals surface area (Å²) in [5.74, 6) is -0.154. The second kappa shape index (κ2) is 6.93. The number of methoxy groups -OCH3 is 1. The molecule has 2 aromatic rings. The number of hydrogen-bond acceptors (Lipinski definition) is 4. The molecule has 136 valence electrons.